The molecule has 3 rings (SSSR count). The van der Waals surface area contributed by atoms with Gasteiger partial charge in [0.2, 0.25) is 6.79 Å². The molecule has 0 spiro atoms. The number of halogens is 1. The Morgan fingerprint density at radius 3 is 2.78 bits per heavy atom. The summed E-state index contributed by atoms with van der Waals surface area (Å²) in [5.41, 5.74) is 2.52. The van der Waals surface area contributed by atoms with Crippen LogP contribution in [0, 0.1) is 0 Å². The monoisotopic (exact) mass is 267 g/mol. The van der Waals surface area contributed by atoms with E-state index in [9.17, 15) is 0 Å². The van der Waals surface area contributed by atoms with Crippen LogP contribution in [0.2, 0.25) is 5.02 Å². The Morgan fingerprint density at radius 2 is 2.11 bits per heavy atom. The SMILES string of the molecule is CC(C)c1c(C2CCCN2)cc(Cl)c2c1OCO2. The van der Waals surface area contributed by atoms with E-state index in [0.717, 1.165) is 18.7 Å². The van der Waals surface area contributed by atoms with Crippen LogP contribution in [0.5, 0.6) is 11.5 Å². The largest absolute Gasteiger partial charge is 0.453 e. The smallest absolute Gasteiger partial charge is 0.231 e. The third kappa shape index (κ3) is 1.86. The van der Waals surface area contributed by atoms with Gasteiger partial charge in [-0.2, -0.15) is 0 Å². The van der Waals surface area contributed by atoms with E-state index in [1.165, 1.54) is 17.5 Å². The Morgan fingerprint density at radius 1 is 1.33 bits per heavy atom. The zero-order valence-electron chi connectivity index (χ0n) is 10.8. The van der Waals surface area contributed by atoms with Gasteiger partial charge in [0.1, 0.15) is 0 Å². The number of ether oxygens (including phenoxy) is 2. The average Bonchev–Trinajstić information content (AvgIpc) is 2.99. The number of nitrogens with one attached hydrogen (secondary N) is 1. The summed E-state index contributed by atoms with van der Waals surface area (Å²) in [4.78, 5) is 0. The Kier molecular flexibility index (Phi) is 3.12. The normalized spacial score (nSPS) is 21.9. The molecule has 18 heavy (non-hydrogen) atoms. The van der Waals surface area contributed by atoms with Gasteiger partial charge in [0.15, 0.2) is 11.5 Å². The predicted molar refractivity (Wildman–Crippen MR) is 71.6 cm³/mol. The first-order valence-corrected chi connectivity index (χ1v) is 6.91. The Labute approximate surface area is 112 Å². The third-order valence-electron chi connectivity index (χ3n) is 3.68. The maximum atomic E-state index is 6.30. The van der Waals surface area contributed by atoms with Crippen LogP contribution in [-0.4, -0.2) is 13.3 Å². The van der Waals surface area contributed by atoms with E-state index in [-0.39, 0.29) is 6.79 Å². The van der Waals surface area contributed by atoms with E-state index in [0.29, 0.717) is 22.7 Å². The average molecular weight is 268 g/mol. The zero-order chi connectivity index (χ0) is 12.7. The van der Waals surface area contributed by atoms with Crippen molar-refractivity contribution in [3.63, 3.8) is 0 Å². The summed E-state index contributed by atoms with van der Waals surface area (Å²) in [7, 11) is 0. The molecule has 0 radical (unpaired) electrons. The second-order valence-corrected chi connectivity index (χ2v) is 5.64. The summed E-state index contributed by atoms with van der Waals surface area (Å²) < 4.78 is 11.1. The second-order valence-electron chi connectivity index (χ2n) is 5.23. The molecule has 4 heteroatoms. The Bertz CT molecular complexity index is 467. The highest BCUT2D eigenvalue weighted by Crippen LogP contribution is 2.48. The molecule has 1 saturated heterocycles. The van der Waals surface area contributed by atoms with Gasteiger partial charge >= 0.3 is 0 Å². The van der Waals surface area contributed by atoms with E-state index in [1.807, 2.05) is 6.07 Å². The van der Waals surface area contributed by atoms with Gasteiger partial charge in [0.25, 0.3) is 0 Å². The molecule has 0 aliphatic carbocycles. The van der Waals surface area contributed by atoms with Gasteiger partial charge in [-0.3, -0.25) is 0 Å². The van der Waals surface area contributed by atoms with Crippen molar-refractivity contribution in [1.82, 2.24) is 5.32 Å². The van der Waals surface area contributed by atoms with Crippen LogP contribution < -0.4 is 14.8 Å². The van der Waals surface area contributed by atoms with Gasteiger partial charge in [-0.25, -0.2) is 0 Å². The molecule has 0 aromatic heterocycles. The van der Waals surface area contributed by atoms with Gasteiger partial charge in [-0.05, 0) is 36.9 Å². The van der Waals surface area contributed by atoms with Crippen molar-refractivity contribution in [3.8, 4) is 11.5 Å². The first-order chi connectivity index (χ1) is 8.68. The maximum absolute atomic E-state index is 6.30. The summed E-state index contributed by atoms with van der Waals surface area (Å²) >= 11 is 6.30. The van der Waals surface area contributed by atoms with Crippen LogP contribution in [-0.2, 0) is 0 Å². The van der Waals surface area contributed by atoms with Crippen LogP contribution >= 0.6 is 11.6 Å². The standard InChI is InChI=1S/C14H18ClNO2/c1-8(2)12-9(11-4-3-5-16-11)6-10(15)13-14(12)18-7-17-13/h6,8,11,16H,3-5,7H2,1-2H3. The molecule has 1 fully saturated rings. The van der Waals surface area contributed by atoms with Crippen LogP contribution in [0.1, 0.15) is 49.8 Å². The molecule has 3 nitrogen and oxygen atoms in total. The summed E-state index contributed by atoms with van der Waals surface area (Å²) in [6.07, 6.45) is 2.38. The number of rotatable bonds is 2. The highest BCUT2D eigenvalue weighted by atomic mass is 35.5. The van der Waals surface area contributed by atoms with Crippen molar-refractivity contribution in [1.29, 1.82) is 0 Å². The maximum Gasteiger partial charge on any atom is 0.231 e. The minimum absolute atomic E-state index is 0.274. The number of hydrogen-bond acceptors (Lipinski definition) is 3. The van der Waals surface area contributed by atoms with Crippen molar-refractivity contribution in [3.05, 3.63) is 22.2 Å². The molecule has 1 unspecified atom stereocenters. The molecule has 2 aliphatic heterocycles. The highest BCUT2D eigenvalue weighted by molar-refractivity contribution is 6.32. The highest BCUT2D eigenvalue weighted by Gasteiger charge is 2.29. The van der Waals surface area contributed by atoms with Gasteiger partial charge in [-0.15, -0.1) is 0 Å². The topological polar surface area (TPSA) is 30.5 Å². The fourth-order valence-corrected chi connectivity index (χ4v) is 3.16. The lowest BCUT2D eigenvalue weighted by Crippen LogP contribution is -2.15. The molecule has 1 aromatic carbocycles. The van der Waals surface area contributed by atoms with Crippen LogP contribution in [0.25, 0.3) is 0 Å². The first-order valence-electron chi connectivity index (χ1n) is 6.53. The van der Waals surface area contributed by atoms with Gasteiger partial charge < -0.3 is 14.8 Å². The molecule has 1 aromatic rings. The van der Waals surface area contributed by atoms with E-state index in [4.69, 9.17) is 21.1 Å². The van der Waals surface area contributed by atoms with E-state index >= 15 is 0 Å². The van der Waals surface area contributed by atoms with Crippen LogP contribution in [0.3, 0.4) is 0 Å². The Balaban J connectivity index is 2.14. The molecule has 1 atom stereocenters. The minimum Gasteiger partial charge on any atom is -0.453 e. The van der Waals surface area contributed by atoms with E-state index in [1.54, 1.807) is 0 Å². The lowest BCUT2D eigenvalue weighted by atomic mass is 9.91. The van der Waals surface area contributed by atoms with Gasteiger partial charge in [-0.1, -0.05) is 25.4 Å². The molecular weight excluding hydrogens is 250 g/mol. The molecule has 2 heterocycles. The fourth-order valence-electron chi connectivity index (χ4n) is 2.90. The van der Waals surface area contributed by atoms with Crippen LogP contribution in [0.4, 0.5) is 0 Å². The number of fused-ring (bicyclic) bond motifs is 1. The predicted octanol–water partition coefficient (Wildman–Crippen LogP) is 3.62. The quantitative estimate of drug-likeness (QED) is 0.888. The van der Waals surface area contributed by atoms with Gasteiger partial charge in [0, 0.05) is 11.6 Å². The molecule has 0 bridgehead atoms. The first kappa shape index (κ1) is 12.1. The molecule has 0 saturated carbocycles. The van der Waals surface area contributed by atoms with Crippen LogP contribution in [0.15, 0.2) is 6.07 Å². The summed E-state index contributed by atoms with van der Waals surface area (Å²) in [5, 5.41) is 4.19. The molecule has 0 amide bonds. The van der Waals surface area contributed by atoms with E-state index in [2.05, 4.69) is 19.2 Å². The fraction of sp³-hybridized carbons (Fsp3) is 0.571. The summed E-state index contributed by atoms with van der Waals surface area (Å²) in [6, 6.07) is 2.45. The summed E-state index contributed by atoms with van der Waals surface area (Å²) in [5.74, 6) is 1.96. The summed E-state index contributed by atoms with van der Waals surface area (Å²) in [6.45, 7) is 5.72. The van der Waals surface area contributed by atoms with Crippen molar-refractivity contribution >= 4 is 11.6 Å². The third-order valence-corrected chi connectivity index (χ3v) is 3.96. The molecule has 1 N–H and O–H groups in total. The van der Waals surface area contributed by atoms with Crippen molar-refractivity contribution in [2.24, 2.45) is 0 Å². The lowest BCUT2D eigenvalue weighted by molar-refractivity contribution is 0.173. The van der Waals surface area contributed by atoms with Gasteiger partial charge in [0.05, 0.1) is 5.02 Å². The molecule has 2 aliphatic rings. The Hall–Kier alpha value is -0.930. The van der Waals surface area contributed by atoms with Crippen molar-refractivity contribution in [2.75, 3.05) is 13.3 Å². The van der Waals surface area contributed by atoms with Crippen molar-refractivity contribution in [2.45, 2.75) is 38.6 Å². The number of hydrogen-bond donors (Lipinski definition) is 1. The van der Waals surface area contributed by atoms with E-state index < -0.39 is 0 Å². The molecule has 98 valence electrons. The lowest BCUT2D eigenvalue weighted by Gasteiger charge is -2.20. The second kappa shape index (κ2) is 4.63. The molecular formula is C14H18ClNO2. The minimum atomic E-state index is 0.274. The number of benzene rings is 1. The zero-order valence-corrected chi connectivity index (χ0v) is 11.5. The van der Waals surface area contributed by atoms with Crippen molar-refractivity contribution < 1.29 is 9.47 Å².